The van der Waals surface area contributed by atoms with Crippen LogP contribution in [-0.4, -0.2) is 19.6 Å². The first-order valence-corrected chi connectivity index (χ1v) is 7.10. The van der Waals surface area contributed by atoms with Crippen LogP contribution in [0, 0.1) is 0 Å². The summed E-state index contributed by atoms with van der Waals surface area (Å²) in [6.45, 7) is 2.43. The van der Waals surface area contributed by atoms with Gasteiger partial charge in [-0.2, -0.15) is 0 Å². The lowest BCUT2D eigenvalue weighted by Crippen LogP contribution is -2.36. The highest BCUT2D eigenvalue weighted by atomic mass is 16.5. The summed E-state index contributed by atoms with van der Waals surface area (Å²) in [5.74, 6) is 1.69. The molecular weight excluding hydrogens is 282 g/mol. The van der Waals surface area contributed by atoms with Crippen molar-refractivity contribution in [2.75, 3.05) is 13.7 Å². The second-order valence-electron chi connectivity index (χ2n) is 4.81. The van der Waals surface area contributed by atoms with E-state index in [1.165, 1.54) is 0 Å². The number of benzene rings is 2. The van der Waals surface area contributed by atoms with Crippen molar-refractivity contribution in [2.45, 2.75) is 13.2 Å². The maximum Gasteiger partial charge on any atom is 0.258 e. The molecule has 0 radical (unpaired) electrons. The van der Waals surface area contributed by atoms with Gasteiger partial charge in [-0.05, 0) is 37.3 Å². The van der Waals surface area contributed by atoms with Crippen LogP contribution < -0.4 is 19.5 Å². The van der Waals surface area contributed by atoms with Gasteiger partial charge in [0.05, 0.1) is 19.3 Å². The Morgan fingerprint density at radius 2 is 2.00 bits per heavy atom. The average Bonchev–Trinajstić information content (AvgIpc) is 2.55. The second-order valence-corrected chi connectivity index (χ2v) is 4.81. The standard InChI is InChI=1S/C17H17NO4/c1-3-21-15-10-11(8-9-14(15)20-2)17-18-16(19)12-6-4-5-7-13(12)22-17/h4-10,17H,3H2,1-2H3,(H,18,19)/t17-/m0/s1. The Morgan fingerprint density at radius 3 is 2.77 bits per heavy atom. The van der Waals surface area contributed by atoms with Gasteiger partial charge >= 0.3 is 0 Å². The molecule has 5 nitrogen and oxygen atoms in total. The van der Waals surface area contributed by atoms with Crippen molar-refractivity contribution in [3.8, 4) is 17.2 Å². The summed E-state index contributed by atoms with van der Waals surface area (Å²) in [4.78, 5) is 12.2. The lowest BCUT2D eigenvalue weighted by Gasteiger charge is -2.27. The van der Waals surface area contributed by atoms with Gasteiger partial charge in [-0.1, -0.05) is 12.1 Å². The van der Waals surface area contributed by atoms with E-state index in [4.69, 9.17) is 14.2 Å². The zero-order chi connectivity index (χ0) is 15.5. The predicted octanol–water partition coefficient (Wildman–Crippen LogP) is 2.91. The average molecular weight is 299 g/mol. The molecule has 0 unspecified atom stereocenters. The van der Waals surface area contributed by atoms with Crippen LogP contribution in [0.4, 0.5) is 0 Å². The third-order valence-electron chi connectivity index (χ3n) is 3.43. The van der Waals surface area contributed by atoms with Crippen molar-refractivity contribution in [2.24, 2.45) is 0 Å². The minimum Gasteiger partial charge on any atom is -0.493 e. The largest absolute Gasteiger partial charge is 0.493 e. The highest BCUT2D eigenvalue weighted by Crippen LogP contribution is 2.34. The van der Waals surface area contributed by atoms with Gasteiger partial charge in [-0.25, -0.2) is 0 Å². The van der Waals surface area contributed by atoms with E-state index in [0.29, 0.717) is 29.4 Å². The highest BCUT2D eigenvalue weighted by molar-refractivity contribution is 5.98. The van der Waals surface area contributed by atoms with E-state index >= 15 is 0 Å². The molecule has 0 fully saturated rings. The molecule has 3 rings (SSSR count). The number of carbonyl (C=O) groups excluding carboxylic acids is 1. The number of hydrogen-bond donors (Lipinski definition) is 1. The molecule has 1 atom stereocenters. The van der Waals surface area contributed by atoms with Crippen LogP contribution in [0.1, 0.15) is 29.1 Å². The van der Waals surface area contributed by atoms with Crippen molar-refractivity contribution < 1.29 is 19.0 Å². The summed E-state index contributed by atoms with van der Waals surface area (Å²) in [6.07, 6.45) is -0.549. The minimum atomic E-state index is -0.549. The van der Waals surface area contributed by atoms with Crippen LogP contribution in [0.5, 0.6) is 17.2 Å². The highest BCUT2D eigenvalue weighted by Gasteiger charge is 2.26. The number of rotatable bonds is 4. The van der Waals surface area contributed by atoms with E-state index < -0.39 is 6.23 Å². The first-order chi connectivity index (χ1) is 10.7. The van der Waals surface area contributed by atoms with Crippen LogP contribution in [0.25, 0.3) is 0 Å². The number of amides is 1. The number of ether oxygens (including phenoxy) is 3. The van der Waals surface area contributed by atoms with Crippen LogP contribution in [0.2, 0.25) is 0 Å². The number of hydrogen-bond acceptors (Lipinski definition) is 4. The van der Waals surface area contributed by atoms with E-state index in [2.05, 4.69) is 5.32 Å². The third-order valence-corrected chi connectivity index (χ3v) is 3.43. The fourth-order valence-corrected chi connectivity index (χ4v) is 2.39. The van der Waals surface area contributed by atoms with E-state index in [1.807, 2.05) is 31.2 Å². The van der Waals surface area contributed by atoms with Crippen molar-refractivity contribution in [3.05, 3.63) is 53.6 Å². The van der Waals surface area contributed by atoms with Crippen LogP contribution in [0.3, 0.4) is 0 Å². The molecule has 0 spiro atoms. The van der Waals surface area contributed by atoms with Gasteiger partial charge in [0, 0.05) is 5.56 Å². The predicted molar refractivity (Wildman–Crippen MR) is 81.4 cm³/mol. The SMILES string of the molecule is CCOc1cc([C@H]2NC(=O)c3ccccc3O2)ccc1OC. The quantitative estimate of drug-likeness (QED) is 0.943. The Hall–Kier alpha value is -2.69. The Labute approximate surface area is 128 Å². The summed E-state index contributed by atoms with van der Waals surface area (Å²) in [7, 11) is 1.59. The van der Waals surface area contributed by atoms with E-state index in [0.717, 1.165) is 5.56 Å². The summed E-state index contributed by atoms with van der Waals surface area (Å²) < 4.78 is 16.7. The van der Waals surface area contributed by atoms with Gasteiger partial charge < -0.3 is 19.5 Å². The van der Waals surface area contributed by atoms with Crippen LogP contribution in [0.15, 0.2) is 42.5 Å². The normalized spacial score (nSPS) is 16.3. The summed E-state index contributed by atoms with van der Waals surface area (Å²) in [5, 5.41) is 2.84. The molecule has 1 N–H and O–H groups in total. The smallest absolute Gasteiger partial charge is 0.258 e. The van der Waals surface area contributed by atoms with Gasteiger partial charge in [0.1, 0.15) is 5.75 Å². The summed E-state index contributed by atoms with van der Waals surface area (Å²) in [6, 6.07) is 12.6. The molecule has 0 saturated carbocycles. The van der Waals surface area contributed by atoms with E-state index in [1.54, 1.807) is 25.3 Å². The van der Waals surface area contributed by atoms with Crippen LogP contribution >= 0.6 is 0 Å². The van der Waals surface area contributed by atoms with Gasteiger partial charge in [0.2, 0.25) is 0 Å². The van der Waals surface area contributed by atoms with E-state index in [-0.39, 0.29) is 5.91 Å². The molecule has 22 heavy (non-hydrogen) atoms. The number of para-hydroxylation sites is 1. The Kier molecular flexibility index (Phi) is 3.87. The molecule has 1 aliphatic heterocycles. The minimum absolute atomic E-state index is 0.152. The molecule has 0 aromatic heterocycles. The molecule has 114 valence electrons. The summed E-state index contributed by atoms with van der Waals surface area (Å²) >= 11 is 0. The molecular formula is C17H17NO4. The second kappa shape index (κ2) is 5.97. The lowest BCUT2D eigenvalue weighted by atomic mass is 10.1. The summed E-state index contributed by atoms with van der Waals surface area (Å²) in [5.41, 5.74) is 1.34. The van der Waals surface area contributed by atoms with Gasteiger partial charge in [0.25, 0.3) is 5.91 Å². The lowest BCUT2D eigenvalue weighted by molar-refractivity contribution is 0.0755. The number of methoxy groups -OCH3 is 1. The molecule has 2 aromatic rings. The van der Waals surface area contributed by atoms with Crippen molar-refractivity contribution in [1.82, 2.24) is 5.32 Å². The Balaban J connectivity index is 1.92. The van der Waals surface area contributed by atoms with Crippen molar-refractivity contribution >= 4 is 5.91 Å². The Bertz CT molecular complexity index is 699. The van der Waals surface area contributed by atoms with Crippen LogP contribution in [-0.2, 0) is 0 Å². The number of carbonyl (C=O) groups is 1. The first kappa shape index (κ1) is 14.3. The Morgan fingerprint density at radius 1 is 1.18 bits per heavy atom. The molecule has 5 heteroatoms. The number of fused-ring (bicyclic) bond motifs is 1. The number of nitrogens with one attached hydrogen (secondary N) is 1. The molecule has 0 bridgehead atoms. The third kappa shape index (κ3) is 2.57. The van der Waals surface area contributed by atoms with Crippen molar-refractivity contribution in [1.29, 1.82) is 0 Å². The molecule has 1 heterocycles. The van der Waals surface area contributed by atoms with E-state index in [9.17, 15) is 4.79 Å². The fourth-order valence-electron chi connectivity index (χ4n) is 2.39. The molecule has 1 aliphatic rings. The maximum atomic E-state index is 12.2. The fraction of sp³-hybridized carbons (Fsp3) is 0.235. The molecule has 1 amide bonds. The molecule has 0 saturated heterocycles. The van der Waals surface area contributed by atoms with Crippen molar-refractivity contribution in [3.63, 3.8) is 0 Å². The maximum absolute atomic E-state index is 12.2. The first-order valence-electron chi connectivity index (χ1n) is 7.10. The van der Waals surface area contributed by atoms with Gasteiger partial charge in [0.15, 0.2) is 17.7 Å². The molecule has 2 aromatic carbocycles. The van der Waals surface area contributed by atoms with Gasteiger partial charge in [-0.3, -0.25) is 4.79 Å². The van der Waals surface area contributed by atoms with Gasteiger partial charge in [-0.15, -0.1) is 0 Å². The topological polar surface area (TPSA) is 56.8 Å². The zero-order valence-corrected chi connectivity index (χ0v) is 12.5. The zero-order valence-electron chi connectivity index (χ0n) is 12.5. The molecule has 0 aliphatic carbocycles. The monoisotopic (exact) mass is 299 g/mol.